The van der Waals surface area contributed by atoms with Gasteiger partial charge >= 0.3 is 0 Å². The second kappa shape index (κ2) is 6.66. The number of likely N-dealkylation sites (N-methyl/N-ethyl adjacent to an activating group) is 2. The van der Waals surface area contributed by atoms with Crippen molar-refractivity contribution < 1.29 is 0 Å². The summed E-state index contributed by atoms with van der Waals surface area (Å²) in [5, 5.41) is 0. The Hall–Kier alpha value is -0.860. The molecule has 0 radical (unpaired) electrons. The van der Waals surface area contributed by atoms with Gasteiger partial charge in [-0.15, -0.1) is 0 Å². The van der Waals surface area contributed by atoms with Gasteiger partial charge in [0.05, 0.1) is 0 Å². The van der Waals surface area contributed by atoms with Crippen LogP contribution in [0.2, 0.25) is 0 Å². The summed E-state index contributed by atoms with van der Waals surface area (Å²) in [6.45, 7) is 4.41. The van der Waals surface area contributed by atoms with Gasteiger partial charge in [0.15, 0.2) is 0 Å². The molecule has 2 nitrogen and oxygen atoms in total. The minimum Gasteiger partial charge on any atom is -0.305 e. The van der Waals surface area contributed by atoms with Crippen LogP contribution in [-0.4, -0.2) is 43.5 Å². The number of rotatable bonds is 6. The van der Waals surface area contributed by atoms with Crippen molar-refractivity contribution in [2.45, 2.75) is 25.9 Å². The van der Waals surface area contributed by atoms with Crippen molar-refractivity contribution in [3.05, 3.63) is 35.9 Å². The van der Waals surface area contributed by atoms with Gasteiger partial charge < -0.3 is 9.80 Å². The normalized spacial score (nSPS) is 13.4. The van der Waals surface area contributed by atoms with Crippen LogP contribution in [0.1, 0.15) is 18.9 Å². The number of hydrogen-bond donors (Lipinski definition) is 0. The van der Waals surface area contributed by atoms with Gasteiger partial charge in [-0.3, -0.25) is 0 Å². The molecule has 0 fully saturated rings. The Morgan fingerprint density at radius 2 is 1.69 bits per heavy atom. The van der Waals surface area contributed by atoms with E-state index in [2.05, 4.69) is 68.2 Å². The summed E-state index contributed by atoms with van der Waals surface area (Å²) in [7, 11) is 6.51. The molecule has 0 aromatic heterocycles. The van der Waals surface area contributed by atoms with Crippen molar-refractivity contribution >= 4 is 0 Å². The van der Waals surface area contributed by atoms with Crippen LogP contribution in [0.15, 0.2) is 30.3 Å². The largest absolute Gasteiger partial charge is 0.305 e. The van der Waals surface area contributed by atoms with Crippen LogP contribution in [0.5, 0.6) is 0 Å². The molecule has 16 heavy (non-hydrogen) atoms. The van der Waals surface area contributed by atoms with E-state index in [1.165, 1.54) is 12.0 Å². The average Bonchev–Trinajstić information content (AvgIpc) is 2.27. The lowest BCUT2D eigenvalue weighted by molar-refractivity contribution is 0.198. The molecule has 0 saturated carbocycles. The van der Waals surface area contributed by atoms with E-state index >= 15 is 0 Å². The van der Waals surface area contributed by atoms with E-state index in [0.29, 0.717) is 6.04 Å². The molecular weight excluding hydrogens is 196 g/mol. The fraction of sp³-hybridized carbons (Fsp3) is 0.571. The minimum absolute atomic E-state index is 0.647. The lowest BCUT2D eigenvalue weighted by Crippen LogP contribution is -2.38. The molecular formula is C14H24N2. The van der Waals surface area contributed by atoms with Crippen LogP contribution in [0.25, 0.3) is 0 Å². The third kappa shape index (κ3) is 4.33. The van der Waals surface area contributed by atoms with Crippen molar-refractivity contribution in [1.82, 2.24) is 9.80 Å². The van der Waals surface area contributed by atoms with E-state index in [4.69, 9.17) is 0 Å². The fourth-order valence-corrected chi connectivity index (χ4v) is 1.98. The molecule has 0 aliphatic rings. The smallest absolute Gasteiger partial charge is 0.0231 e. The quantitative estimate of drug-likeness (QED) is 0.726. The van der Waals surface area contributed by atoms with E-state index in [9.17, 15) is 0 Å². The number of benzene rings is 1. The SMILES string of the molecule is CCC(CN(C)Cc1ccccc1)N(C)C. The number of nitrogens with zero attached hydrogens (tertiary/aromatic N) is 2. The van der Waals surface area contributed by atoms with Crippen LogP contribution < -0.4 is 0 Å². The van der Waals surface area contributed by atoms with Crippen molar-refractivity contribution in [2.24, 2.45) is 0 Å². The van der Waals surface area contributed by atoms with Gasteiger partial charge in [-0.05, 0) is 33.1 Å². The Morgan fingerprint density at radius 1 is 1.06 bits per heavy atom. The Kier molecular flexibility index (Phi) is 5.50. The van der Waals surface area contributed by atoms with E-state index in [1.807, 2.05) is 0 Å². The van der Waals surface area contributed by atoms with Gasteiger partial charge in [0, 0.05) is 19.1 Å². The van der Waals surface area contributed by atoms with Crippen LogP contribution in [0, 0.1) is 0 Å². The van der Waals surface area contributed by atoms with Crippen molar-refractivity contribution in [2.75, 3.05) is 27.7 Å². The maximum Gasteiger partial charge on any atom is 0.0231 e. The van der Waals surface area contributed by atoms with Gasteiger partial charge in [0.2, 0.25) is 0 Å². The molecule has 1 aromatic rings. The predicted octanol–water partition coefficient (Wildman–Crippen LogP) is 2.46. The summed E-state index contributed by atoms with van der Waals surface area (Å²) in [6.07, 6.45) is 1.20. The zero-order valence-electron chi connectivity index (χ0n) is 11.0. The molecule has 0 N–H and O–H groups in total. The second-order valence-electron chi connectivity index (χ2n) is 4.71. The highest BCUT2D eigenvalue weighted by atomic mass is 15.2. The lowest BCUT2D eigenvalue weighted by atomic mass is 10.1. The molecule has 0 heterocycles. The third-order valence-corrected chi connectivity index (χ3v) is 3.02. The molecule has 0 amide bonds. The van der Waals surface area contributed by atoms with E-state index in [1.54, 1.807) is 0 Å². The summed E-state index contributed by atoms with van der Waals surface area (Å²) in [6, 6.07) is 11.3. The van der Waals surface area contributed by atoms with Gasteiger partial charge in [-0.2, -0.15) is 0 Å². The predicted molar refractivity (Wildman–Crippen MR) is 70.5 cm³/mol. The van der Waals surface area contributed by atoms with Crippen LogP contribution in [0.4, 0.5) is 0 Å². The molecule has 0 aliphatic heterocycles. The Bertz CT molecular complexity index is 282. The summed E-state index contributed by atoms with van der Waals surface area (Å²) in [5.41, 5.74) is 1.39. The summed E-state index contributed by atoms with van der Waals surface area (Å²) >= 11 is 0. The first-order chi connectivity index (χ1) is 7.63. The molecule has 1 aromatic carbocycles. The highest BCUT2D eigenvalue weighted by Gasteiger charge is 2.11. The molecule has 0 spiro atoms. The maximum atomic E-state index is 2.39. The van der Waals surface area contributed by atoms with Crippen molar-refractivity contribution in [1.29, 1.82) is 0 Å². The topological polar surface area (TPSA) is 6.48 Å². The van der Waals surface area contributed by atoms with Gasteiger partial charge in [0.1, 0.15) is 0 Å². The van der Waals surface area contributed by atoms with Gasteiger partial charge in [-0.1, -0.05) is 37.3 Å². The molecule has 0 saturated heterocycles. The molecule has 2 heteroatoms. The first-order valence-corrected chi connectivity index (χ1v) is 6.02. The molecule has 1 unspecified atom stereocenters. The summed E-state index contributed by atoms with van der Waals surface area (Å²) in [4.78, 5) is 4.70. The zero-order valence-corrected chi connectivity index (χ0v) is 11.0. The minimum atomic E-state index is 0.647. The maximum absolute atomic E-state index is 2.39. The Labute approximate surface area is 99.9 Å². The van der Waals surface area contributed by atoms with Gasteiger partial charge in [0.25, 0.3) is 0 Å². The average molecular weight is 220 g/mol. The van der Waals surface area contributed by atoms with Crippen LogP contribution in [-0.2, 0) is 6.54 Å². The van der Waals surface area contributed by atoms with Gasteiger partial charge in [-0.25, -0.2) is 0 Å². The molecule has 0 bridgehead atoms. The Balaban J connectivity index is 2.44. The third-order valence-electron chi connectivity index (χ3n) is 3.02. The first-order valence-electron chi connectivity index (χ1n) is 6.02. The molecule has 1 rings (SSSR count). The highest BCUT2D eigenvalue weighted by molar-refractivity contribution is 5.14. The highest BCUT2D eigenvalue weighted by Crippen LogP contribution is 2.06. The van der Waals surface area contributed by atoms with E-state index in [-0.39, 0.29) is 0 Å². The van der Waals surface area contributed by atoms with E-state index in [0.717, 1.165) is 13.1 Å². The standard InChI is InChI=1S/C14H24N2/c1-5-14(15(2)3)12-16(4)11-13-9-7-6-8-10-13/h6-10,14H,5,11-12H2,1-4H3. The Morgan fingerprint density at radius 3 is 2.19 bits per heavy atom. The zero-order chi connectivity index (χ0) is 12.0. The van der Waals surface area contributed by atoms with Crippen molar-refractivity contribution in [3.8, 4) is 0 Å². The molecule has 0 aliphatic carbocycles. The summed E-state index contributed by atoms with van der Waals surface area (Å²) in [5.74, 6) is 0. The van der Waals surface area contributed by atoms with Crippen molar-refractivity contribution in [3.63, 3.8) is 0 Å². The van der Waals surface area contributed by atoms with Crippen LogP contribution >= 0.6 is 0 Å². The molecule has 1 atom stereocenters. The summed E-state index contributed by atoms with van der Waals surface area (Å²) < 4.78 is 0. The first kappa shape index (κ1) is 13.2. The monoisotopic (exact) mass is 220 g/mol. The molecule has 90 valence electrons. The van der Waals surface area contributed by atoms with E-state index < -0.39 is 0 Å². The number of hydrogen-bond acceptors (Lipinski definition) is 2. The lowest BCUT2D eigenvalue weighted by Gasteiger charge is -2.28. The fourth-order valence-electron chi connectivity index (χ4n) is 1.98. The van der Waals surface area contributed by atoms with Crippen LogP contribution in [0.3, 0.4) is 0 Å². The second-order valence-corrected chi connectivity index (χ2v) is 4.71.